The average Bonchev–Trinajstić information content (AvgIpc) is 2.87. The maximum Gasteiger partial charge on any atom is 0.337 e. The molecule has 0 saturated heterocycles. The van der Waals surface area contributed by atoms with Gasteiger partial charge in [0.15, 0.2) is 0 Å². The minimum absolute atomic E-state index is 0.00873. The predicted molar refractivity (Wildman–Crippen MR) is 130 cm³/mol. The maximum absolute atomic E-state index is 13.4. The molecule has 0 aliphatic rings. The molecular weight excluding hydrogens is 496 g/mol. The lowest BCUT2D eigenvalue weighted by Crippen LogP contribution is -2.38. The van der Waals surface area contributed by atoms with E-state index < -0.39 is 34.4 Å². The Hall–Kier alpha value is -3.89. The molecule has 0 spiro atoms. The van der Waals surface area contributed by atoms with Crippen molar-refractivity contribution >= 4 is 50.8 Å². The highest BCUT2D eigenvalue weighted by Crippen LogP contribution is 2.30. The fourth-order valence-electron chi connectivity index (χ4n) is 3.18. The first-order valence-electron chi connectivity index (χ1n) is 10.1. The fourth-order valence-corrected chi connectivity index (χ4v) is 4.92. The molecule has 182 valence electrons. The Kier molecular flexibility index (Phi) is 8.10. The fraction of sp³-hybridized carbons (Fsp3) is 0.125. The van der Waals surface area contributed by atoms with Crippen molar-refractivity contribution < 1.29 is 32.3 Å². The van der Waals surface area contributed by atoms with Crippen molar-refractivity contribution in [2.24, 2.45) is 0 Å². The van der Waals surface area contributed by atoms with Gasteiger partial charge in [0.1, 0.15) is 6.54 Å². The summed E-state index contributed by atoms with van der Waals surface area (Å²) in [5.74, 6) is -2.23. The smallest absolute Gasteiger partial charge is 0.337 e. The monoisotopic (exact) mass is 516 g/mol. The summed E-state index contributed by atoms with van der Waals surface area (Å²) in [5, 5.41) is 2.65. The molecule has 0 radical (unpaired) electrons. The summed E-state index contributed by atoms with van der Waals surface area (Å²) in [6.45, 7) is -0.642. The third-order valence-electron chi connectivity index (χ3n) is 4.80. The number of nitrogens with zero attached hydrogens (tertiary/aromatic N) is 1. The number of ether oxygens (including phenoxy) is 2. The standard InChI is InChI=1S/C24H21ClN2O7S/c1-33-23(29)16-12-17(24(30)34-2)14-18(13-16)26-22(28)15-27(21-11-7-6-10-20(21)25)35(31,32)19-8-4-3-5-9-19/h3-14H,15H2,1-2H3,(H,26,28). The number of anilines is 2. The predicted octanol–water partition coefficient (Wildman–Crippen LogP) is 3.75. The molecule has 11 heteroatoms. The van der Waals surface area contributed by atoms with Gasteiger partial charge in [-0.25, -0.2) is 18.0 Å². The molecule has 1 N–H and O–H groups in total. The number of hydrogen-bond acceptors (Lipinski definition) is 7. The summed E-state index contributed by atoms with van der Waals surface area (Å²) in [6.07, 6.45) is 0. The molecule has 0 atom stereocenters. The Balaban J connectivity index is 1.98. The van der Waals surface area contributed by atoms with Crippen molar-refractivity contribution in [3.05, 3.63) is 88.9 Å². The van der Waals surface area contributed by atoms with Crippen LogP contribution >= 0.6 is 11.6 Å². The third-order valence-corrected chi connectivity index (χ3v) is 6.89. The molecule has 3 aromatic carbocycles. The third kappa shape index (κ3) is 5.97. The highest BCUT2D eigenvalue weighted by Gasteiger charge is 2.28. The number of sulfonamides is 1. The van der Waals surface area contributed by atoms with Crippen LogP contribution in [0.4, 0.5) is 11.4 Å². The Bertz CT molecular complexity index is 1330. The minimum Gasteiger partial charge on any atom is -0.465 e. The maximum atomic E-state index is 13.4. The first-order chi connectivity index (χ1) is 16.7. The van der Waals surface area contributed by atoms with E-state index in [9.17, 15) is 22.8 Å². The summed E-state index contributed by atoms with van der Waals surface area (Å²) in [5.41, 5.74) is 0.150. The van der Waals surface area contributed by atoms with Crippen LogP contribution in [0.1, 0.15) is 20.7 Å². The average molecular weight is 517 g/mol. The van der Waals surface area contributed by atoms with Crippen LogP contribution in [-0.2, 0) is 24.3 Å². The van der Waals surface area contributed by atoms with Crippen LogP contribution in [0.2, 0.25) is 5.02 Å². The normalized spacial score (nSPS) is 10.8. The van der Waals surface area contributed by atoms with E-state index >= 15 is 0 Å². The molecule has 0 unspecified atom stereocenters. The molecule has 0 bridgehead atoms. The van der Waals surface area contributed by atoms with Crippen molar-refractivity contribution in [2.75, 3.05) is 30.4 Å². The topological polar surface area (TPSA) is 119 Å². The van der Waals surface area contributed by atoms with Crippen LogP contribution in [0.25, 0.3) is 0 Å². The lowest BCUT2D eigenvalue weighted by molar-refractivity contribution is -0.114. The number of halogens is 1. The van der Waals surface area contributed by atoms with E-state index in [1.807, 2.05) is 0 Å². The molecule has 0 heterocycles. The number of para-hydroxylation sites is 1. The number of amides is 1. The number of carbonyl (C=O) groups excluding carboxylic acids is 3. The van der Waals surface area contributed by atoms with Gasteiger partial charge in [-0.05, 0) is 42.5 Å². The lowest BCUT2D eigenvalue weighted by atomic mass is 10.1. The van der Waals surface area contributed by atoms with E-state index in [1.54, 1.807) is 30.3 Å². The number of esters is 2. The molecule has 0 saturated carbocycles. The summed E-state index contributed by atoms with van der Waals surface area (Å²) >= 11 is 6.26. The molecule has 3 aromatic rings. The van der Waals surface area contributed by atoms with Crippen LogP contribution in [0.5, 0.6) is 0 Å². The summed E-state index contributed by atoms with van der Waals surface area (Å²) in [7, 11) is -1.84. The van der Waals surface area contributed by atoms with Crippen molar-refractivity contribution in [3.8, 4) is 0 Å². The molecule has 0 fully saturated rings. The zero-order valence-electron chi connectivity index (χ0n) is 18.7. The molecule has 9 nitrogen and oxygen atoms in total. The highest BCUT2D eigenvalue weighted by atomic mass is 35.5. The Morgan fingerprint density at radius 2 is 1.40 bits per heavy atom. The first-order valence-corrected chi connectivity index (χ1v) is 11.9. The number of carbonyl (C=O) groups is 3. The van der Waals surface area contributed by atoms with Crippen LogP contribution in [0.3, 0.4) is 0 Å². The Morgan fingerprint density at radius 1 is 0.857 bits per heavy atom. The van der Waals surface area contributed by atoms with E-state index in [0.717, 1.165) is 4.31 Å². The summed E-state index contributed by atoms with van der Waals surface area (Å²) in [4.78, 5) is 37.0. The highest BCUT2D eigenvalue weighted by molar-refractivity contribution is 7.92. The largest absolute Gasteiger partial charge is 0.465 e. The number of benzene rings is 3. The van der Waals surface area contributed by atoms with Gasteiger partial charge in [-0.1, -0.05) is 41.9 Å². The van der Waals surface area contributed by atoms with Gasteiger partial charge in [0.2, 0.25) is 5.91 Å². The van der Waals surface area contributed by atoms with Crippen LogP contribution in [0, 0.1) is 0 Å². The second-order valence-corrected chi connectivity index (χ2v) is 9.38. The zero-order chi connectivity index (χ0) is 25.6. The Labute approximate surface area is 207 Å². The minimum atomic E-state index is -4.18. The summed E-state index contributed by atoms with van der Waals surface area (Å²) in [6, 6.07) is 17.6. The van der Waals surface area contributed by atoms with Crippen molar-refractivity contribution in [3.63, 3.8) is 0 Å². The van der Waals surface area contributed by atoms with Crippen molar-refractivity contribution in [1.82, 2.24) is 0 Å². The lowest BCUT2D eigenvalue weighted by Gasteiger charge is -2.25. The van der Waals surface area contributed by atoms with Gasteiger partial charge >= 0.3 is 11.9 Å². The van der Waals surface area contributed by atoms with Crippen LogP contribution < -0.4 is 9.62 Å². The number of hydrogen-bond donors (Lipinski definition) is 1. The second-order valence-electron chi connectivity index (χ2n) is 7.11. The zero-order valence-corrected chi connectivity index (χ0v) is 20.3. The van der Waals surface area contributed by atoms with Crippen LogP contribution in [0.15, 0.2) is 77.7 Å². The molecule has 0 aliphatic carbocycles. The molecule has 35 heavy (non-hydrogen) atoms. The van der Waals surface area contributed by atoms with Gasteiger partial charge in [-0.2, -0.15) is 0 Å². The number of rotatable bonds is 8. The number of nitrogens with one attached hydrogen (secondary N) is 1. The van der Waals surface area contributed by atoms with Gasteiger partial charge < -0.3 is 14.8 Å². The Morgan fingerprint density at radius 3 is 1.94 bits per heavy atom. The van der Waals surface area contributed by atoms with E-state index in [0.29, 0.717) is 0 Å². The van der Waals surface area contributed by atoms with Crippen molar-refractivity contribution in [2.45, 2.75) is 4.90 Å². The second kappa shape index (κ2) is 11.0. The molecule has 0 aromatic heterocycles. The molecule has 1 amide bonds. The van der Waals surface area contributed by atoms with Crippen molar-refractivity contribution in [1.29, 1.82) is 0 Å². The summed E-state index contributed by atoms with van der Waals surface area (Å²) < 4.78 is 37.1. The quantitative estimate of drug-likeness (QED) is 0.453. The SMILES string of the molecule is COC(=O)c1cc(NC(=O)CN(c2ccccc2Cl)S(=O)(=O)c2ccccc2)cc(C(=O)OC)c1. The van der Waals surface area contributed by atoms with Crippen LogP contribution in [-0.4, -0.2) is 47.0 Å². The molecule has 3 rings (SSSR count). The van der Waals surface area contributed by atoms with E-state index in [2.05, 4.69) is 14.8 Å². The van der Waals surface area contributed by atoms with E-state index in [1.165, 1.54) is 56.7 Å². The van der Waals surface area contributed by atoms with E-state index in [-0.39, 0.29) is 32.4 Å². The molecular formula is C24H21ClN2O7S. The first kappa shape index (κ1) is 25.7. The van der Waals surface area contributed by atoms with Gasteiger partial charge in [0.05, 0.1) is 41.0 Å². The number of methoxy groups -OCH3 is 2. The van der Waals surface area contributed by atoms with Gasteiger partial charge in [0, 0.05) is 5.69 Å². The van der Waals surface area contributed by atoms with Gasteiger partial charge in [-0.15, -0.1) is 0 Å². The van der Waals surface area contributed by atoms with Gasteiger partial charge in [0.25, 0.3) is 10.0 Å². The van der Waals surface area contributed by atoms with E-state index in [4.69, 9.17) is 11.6 Å². The van der Waals surface area contributed by atoms with Gasteiger partial charge in [-0.3, -0.25) is 9.10 Å². The molecule has 0 aliphatic heterocycles.